The lowest BCUT2D eigenvalue weighted by Crippen LogP contribution is -2.15. The molecule has 1 aromatic carbocycles. The summed E-state index contributed by atoms with van der Waals surface area (Å²) in [6, 6.07) is 3.55. The molecule has 0 aliphatic carbocycles. The second kappa shape index (κ2) is 6.26. The van der Waals surface area contributed by atoms with Gasteiger partial charge in [-0.1, -0.05) is 0 Å². The van der Waals surface area contributed by atoms with E-state index in [0.29, 0.717) is 12.1 Å². The number of nitrogens with zero attached hydrogens (tertiary/aromatic N) is 1. The molecule has 1 heterocycles. The lowest BCUT2D eigenvalue weighted by Gasteiger charge is -2.04. The first-order valence-electron chi connectivity index (χ1n) is 5.88. The molecule has 0 unspecified atom stereocenters. The zero-order chi connectivity index (χ0) is 12.8. The van der Waals surface area contributed by atoms with Crippen LogP contribution in [0.1, 0.15) is 17.8 Å². The molecule has 0 spiro atoms. The van der Waals surface area contributed by atoms with E-state index in [2.05, 4.69) is 15.3 Å². The Kier molecular flexibility index (Phi) is 4.41. The van der Waals surface area contributed by atoms with Gasteiger partial charge in [-0.2, -0.15) is 0 Å². The third-order valence-corrected chi connectivity index (χ3v) is 2.57. The van der Waals surface area contributed by atoms with E-state index in [-0.39, 0.29) is 0 Å². The van der Waals surface area contributed by atoms with Crippen molar-refractivity contribution in [2.75, 3.05) is 6.54 Å². The van der Waals surface area contributed by atoms with Gasteiger partial charge in [-0.3, -0.25) is 0 Å². The summed E-state index contributed by atoms with van der Waals surface area (Å²) in [5, 5.41) is 3.14. The summed E-state index contributed by atoms with van der Waals surface area (Å²) in [5.74, 6) is -0.127. The SMILES string of the molecule is Fc1cc(F)cc(CNCCCc2ncc[nH]2)c1. The van der Waals surface area contributed by atoms with Crippen molar-refractivity contribution in [3.63, 3.8) is 0 Å². The van der Waals surface area contributed by atoms with E-state index >= 15 is 0 Å². The Balaban J connectivity index is 1.68. The monoisotopic (exact) mass is 251 g/mol. The van der Waals surface area contributed by atoms with Crippen LogP contribution in [0.3, 0.4) is 0 Å². The first kappa shape index (κ1) is 12.7. The molecule has 18 heavy (non-hydrogen) atoms. The number of aromatic amines is 1. The van der Waals surface area contributed by atoms with E-state index in [4.69, 9.17) is 0 Å². The summed E-state index contributed by atoms with van der Waals surface area (Å²) in [4.78, 5) is 7.14. The zero-order valence-corrected chi connectivity index (χ0v) is 9.92. The molecule has 2 N–H and O–H groups in total. The molecule has 0 amide bonds. The summed E-state index contributed by atoms with van der Waals surface area (Å²) >= 11 is 0. The van der Waals surface area contributed by atoms with Gasteiger partial charge in [0.15, 0.2) is 0 Å². The van der Waals surface area contributed by atoms with E-state index < -0.39 is 11.6 Å². The van der Waals surface area contributed by atoms with Crippen LogP contribution in [0.25, 0.3) is 0 Å². The summed E-state index contributed by atoms with van der Waals surface area (Å²) in [6.07, 6.45) is 5.29. The summed E-state index contributed by atoms with van der Waals surface area (Å²) in [7, 11) is 0. The predicted molar refractivity (Wildman–Crippen MR) is 65.0 cm³/mol. The molecule has 96 valence electrons. The molecule has 0 fully saturated rings. The highest BCUT2D eigenvalue weighted by Gasteiger charge is 2.00. The first-order valence-corrected chi connectivity index (χ1v) is 5.88. The molecule has 0 saturated heterocycles. The normalized spacial score (nSPS) is 10.8. The number of aromatic nitrogens is 2. The Morgan fingerprint density at radius 2 is 1.94 bits per heavy atom. The molecule has 0 aliphatic rings. The van der Waals surface area contributed by atoms with Crippen LogP contribution in [0.4, 0.5) is 8.78 Å². The minimum Gasteiger partial charge on any atom is -0.349 e. The maximum Gasteiger partial charge on any atom is 0.126 e. The van der Waals surface area contributed by atoms with Crippen molar-refractivity contribution in [2.24, 2.45) is 0 Å². The number of rotatable bonds is 6. The van der Waals surface area contributed by atoms with Crippen LogP contribution in [-0.2, 0) is 13.0 Å². The summed E-state index contributed by atoms with van der Waals surface area (Å²) in [6.45, 7) is 1.24. The fourth-order valence-corrected chi connectivity index (χ4v) is 1.76. The molecular weight excluding hydrogens is 236 g/mol. The van der Waals surface area contributed by atoms with Gasteiger partial charge >= 0.3 is 0 Å². The number of benzene rings is 1. The van der Waals surface area contributed by atoms with Gasteiger partial charge in [-0.05, 0) is 30.7 Å². The molecule has 0 radical (unpaired) electrons. The summed E-state index contributed by atoms with van der Waals surface area (Å²) < 4.78 is 25.8. The smallest absolute Gasteiger partial charge is 0.126 e. The third kappa shape index (κ3) is 3.92. The zero-order valence-electron chi connectivity index (χ0n) is 9.92. The standard InChI is InChI=1S/C13H15F2N3/c14-11-6-10(7-12(15)8-11)9-16-3-1-2-13-17-4-5-18-13/h4-8,16H,1-3,9H2,(H,17,18). The lowest BCUT2D eigenvalue weighted by atomic mass is 10.2. The van der Waals surface area contributed by atoms with E-state index in [9.17, 15) is 8.78 Å². The fourth-order valence-electron chi connectivity index (χ4n) is 1.76. The number of H-pyrrole nitrogens is 1. The molecule has 0 saturated carbocycles. The number of imidazole rings is 1. The molecule has 2 rings (SSSR count). The van der Waals surface area contributed by atoms with Gasteiger partial charge in [-0.15, -0.1) is 0 Å². The van der Waals surface area contributed by atoms with Crippen LogP contribution in [0.2, 0.25) is 0 Å². The van der Waals surface area contributed by atoms with Gasteiger partial charge in [0, 0.05) is 31.4 Å². The second-order valence-corrected chi connectivity index (χ2v) is 4.09. The van der Waals surface area contributed by atoms with Crippen LogP contribution in [0.5, 0.6) is 0 Å². The van der Waals surface area contributed by atoms with Crippen molar-refractivity contribution >= 4 is 0 Å². The van der Waals surface area contributed by atoms with Gasteiger partial charge in [0.2, 0.25) is 0 Å². The quantitative estimate of drug-likeness (QED) is 0.774. The third-order valence-electron chi connectivity index (χ3n) is 2.57. The highest BCUT2D eigenvalue weighted by Crippen LogP contribution is 2.07. The van der Waals surface area contributed by atoms with Gasteiger partial charge < -0.3 is 10.3 Å². The minimum absolute atomic E-state index is 0.465. The van der Waals surface area contributed by atoms with Crippen LogP contribution in [0, 0.1) is 11.6 Å². The average molecular weight is 251 g/mol. The number of nitrogens with one attached hydrogen (secondary N) is 2. The first-order chi connectivity index (χ1) is 8.74. The Morgan fingerprint density at radius 3 is 2.61 bits per heavy atom. The Labute approximate surface area is 104 Å². The molecule has 3 nitrogen and oxygen atoms in total. The predicted octanol–water partition coefficient (Wildman–Crippen LogP) is 2.41. The Morgan fingerprint density at radius 1 is 1.17 bits per heavy atom. The Hall–Kier alpha value is -1.75. The van der Waals surface area contributed by atoms with E-state index in [1.807, 2.05) is 0 Å². The number of hydrogen-bond donors (Lipinski definition) is 2. The van der Waals surface area contributed by atoms with Crippen LogP contribution in [-0.4, -0.2) is 16.5 Å². The summed E-state index contributed by atoms with van der Waals surface area (Å²) in [5.41, 5.74) is 0.616. The van der Waals surface area contributed by atoms with E-state index in [0.717, 1.165) is 31.3 Å². The molecule has 0 aliphatic heterocycles. The van der Waals surface area contributed by atoms with Gasteiger partial charge in [-0.25, -0.2) is 13.8 Å². The average Bonchev–Trinajstić information content (AvgIpc) is 2.80. The van der Waals surface area contributed by atoms with Crippen molar-refractivity contribution in [1.82, 2.24) is 15.3 Å². The minimum atomic E-state index is -0.539. The van der Waals surface area contributed by atoms with Crippen molar-refractivity contribution < 1.29 is 8.78 Å². The van der Waals surface area contributed by atoms with Gasteiger partial charge in [0.05, 0.1) is 0 Å². The largest absolute Gasteiger partial charge is 0.349 e. The van der Waals surface area contributed by atoms with Crippen molar-refractivity contribution in [3.8, 4) is 0 Å². The highest BCUT2D eigenvalue weighted by atomic mass is 19.1. The highest BCUT2D eigenvalue weighted by molar-refractivity contribution is 5.17. The van der Waals surface area contributed by atoms with Crippen molar-refractivity contribution in [2.45, 2.75) is 19.4 Å². The maximum absolute atomic E-state index is 12.9. The molecule has 1 aromatic heterocycles. The van der Waals surface area contributed by atoms with Crippen molar-refractivity contribution in [3.05, 3.63) is 53.6 Å². The van der Waals surface area contributed by atoms with Crippen LogP contribution in [0.15, 0.2) is 30.6 Å². The number of halogens is 2. The maximum atomic E-state index is 12.9. The second-order valence-electron chi connectivity index (χ2n) is 4.09. The van der Waals surface area contributed by atoms with E-state index in [1.54, 1.807) is 12.4 Å². The molecular formula is C13H15F2N3. The fraction of sp³-hybridized carbons (Fsp3) is 0.308. The molecule has 0 bridgehead atoms. The lowest BCUT2D eigenvalue weighted by molar-refractivity contribution is 0.573. The molecule has 2 aromatic rings. The van der Waals surface area contributed by atoms with Gasteiger partial charge in [0.25, 0.3) is 0 Å². The number of hydrogen-bond acceptors (Lipinski definition) is 2. The van der Waals surface area contributed by atoms with E-state index in [1.165, 1.54) is 12.1 Å². The number of aryl methyl sites for hydroxylation is 1. The molecule has 0 atom stereocenters. The topological polar surface area (TPSA) is 40.7 Å². The molecule has 5 heteroatoms. The van der Waals surface area contributed by atoms with Crippen LogP contribution < -0.4 is 5.32 Å². The van der Waals surface area contributed by atoms with Crippen LogP contribution >= 0.6 is 0 Å². The van der Waals surface area contributed by atoms with Crippen molar-refractivity contribution in [1.29, 1.82) is 0 Å². The Bertz CT molecular complexity index is 463. The van der Waals surface area contributed by atoms with Gasteiger partial charge in [0.1, 0.15) is 17.5 Å².